The summed E-state index contributed by atoms with van der Waals surface area (Å²) < 4.78 is 6.78. The minimum absolute atomic E-state index is 0.284. The largest absolute Gasteiger partial charge is 0.353 e. The van der Waals surface area contributed by atoms with Gasteiger partial charge in [-0.1, -0.05) is 19.0 Å². The Bertz CT molecular complexity index is 818. The van der Waals surface area contributed by atoms with Crippen molar-refractivity contribution in [1.82, 2.24) is 40.3 Å². The maximum absolute atomic E-state index is 5.33. The molecule has 1 saturated heterocycles. The summed E-state index contributed by atoms with van der Waals surface area (Å²) >= 11 is 0. The molecule has 0 N–H and O–H groups in total. The fourth-order valence-corrected chi connectivity index (χ4v) is 2.70. The highest BCUT2D eigenvalue weighted by Crippen LogP contribution is 2.16. The van der Waals surface area contributed by atoms with E-state index in [0.29, 0.717) is 18.1 Å². The van der Waals surface area contributed by atoms with Crippen molar-refractivity contribution in [1.29, 1.82) is 0 Å². The minimum Gasteiger partial charge on any atom is -0.353 e. The van der Waals surface area contributed by atoms with Crippen LogP contribution < -0.4 is 4.90 Å². The highest BCUT2D eigenvalue weighted by Gasteiger charge is 2.21. The normalized spacial score (nSPS) is 16.4. The van der Waals surface area contributed by atoms with Crippen LogP contribution in [0.3, 0.4) is 0 Å². The van der Waals surface area contributed by atoms with E-state index in [2.05, 4.69) is 54.4 Å². The van der Waals surface area contributed by atoms with Gasteiger partial charge in [0.05, 0.1) is 6.54 Å². The van der Waals surface area contributed by atoms with Gasteiger partial charge in [-0.05, 0) is 22.6 Å². The smallest absolute Gasteiger partial charge is 0.240 e. The summed E-state index contributed by atoms with van der Waals surface area (Å²) in [4.78, 5) is 8.97. The van der Waals surface area contributed by atoms with Crippen molar-refractivity contribution in [2.24, 2.45) is 0 Å². The average molecular weight is 329 g/mol. The van der Waals surface area contributed by atoms with E-state index in [-0.39, 0.29) is 5.92 Å². The molecule has 126 valence electrons. The maximum Gasteiger partial charge on any atom is 0.240 e. The lowest BCUT2D eigenvalue weighted by molar-refractivity contribution is 0.214. The van der Waals surface area contributed by atoms with Gasteiger partial charge in [0.2, 0.25) is 5.89 Å². The number of hydrogen-bond donors (Lipinski definition) is 0. The second kappa shape index (κ2) is 6.11. The molecule has 0 spiro atoms. The number of fused-ring (bicyclic) bond motifs is 1. The van der Waals surface area contributed by atoms with E-state index < -0.39 is 0 Å². The first-order valence-electron chi connectivity index (χ1n) is 8.04. The predicted molar refractivity (Wildman–Crippen MR) is 84.5 cm³/mol. The molecule has 4 heterocycles. The molecular formula is C14H19N9O. The lowest BCUT2D eigenvalue weighted by atomic mass is 10.2. The van der Waals surface area contributed by atoms with Crippen LogP contribution in [0.5, 0.6) is 0 Å². The zero-order valence-electron chi connectivity index (χ0n) is 13.7. The molecule has 1 fully saturated rings. The first-order chi connectivity index (χ1) is 11.7. The van der Waals surface area contributed by atoms with Gasteiger partial charge in [0.15, 0.2) is 17.3 Å². The van der Waals surface area contributed by atoms with Crippen molar-refractivity contribution in [3.05, 3.63) is 23.8 Å². The molecule has 1 aliphatic rings. The number of piperazine rings is 1. The second-order valence-corrected chi connectivity index (χ2v) is 6.18. The van der Waals surface area contributed by atoms with E-state index in [1.807, 2.05) is 12.1 Å². The number of aromatic nitrogens is 7. The van der Waals surface area contributed by atoms with Gasteiger partial charge in [0.25, 0.3) is 0 Å². The van der Waals surface area contributed by atoms with Crippen LogP contribution in [0.1, 0.15) is 31.5 Å². The Morgan fingerprint density at radius 2 is 2.00 bits per heavy atom. The summed E-state index contributed by atoms with van der Waals surface area (Å²) in [6, 6.07) is 3.83. The molecular weight excluding hydrogens is 310 g/mol. The predicted octanol–water partition coefficient (Wildman–Crippen LogP) is 0.348. The lowest BCUT2D eigenvalue weighted by Gasteiger charge is -2.34. The highest BCUT2D eigenvalue weighted by atomic mass is 16.5. The molecule has 3 aromatic heterocycles. The monoisotopic (exact) mass is 329 g/mol. The highest BCUT2D eigenvalue weighted by molar-refractivity contribution is 5.44. The van der Waals surface area contributed by atoms with Crippen LogP contribution in [-0.2, 0) is 6.54 Å². The van der Waals surface area contributed by atoms with E-state index in [9.17, 15) is 0 Å². The molecule has 0 unspecified atom stereocenters. The molecule has 0 atom stereocenters. The summed E-state index contributed by atoms with van der Waals surface area (Å²) in [6.07, 6.45) is 0. The molecule has 0 bridgehead atoms. The van der Waals surface area contributed by atoms with Crippen molar-refractivity contribution < 1.29 is 4.52 Å². The zero-order valence-corrected chi connectivity index (χ0v) is 13.7. The molecule has 0 radical (unpaired) electrons. The SMILES string of the molecule is CC(C)c1noc(CN2CCN(c3ccc4nnnn4n3)CC2)n1. The van der Waals surface area contributed by atoms with Gasteiger partial charge in [-0.2, -0.15) is 4.98 Å². The van der Waals surface area contributed by atoms with E-state index >= 15 is 0 Å². The standard InChI is InChI=1S/C14H19N9O/c1-10(2)14-15-13(24-18-14)9-21-5-7-22(8-6-21)12-4-3-11-16-19-20-23(11)17-12/h3-4,10H,5-9H2,1-2H3. The number of nitrogens with zero attached hydrogens (tertiary/aromatic N) is 9. The van der Waals surface area contributed by atoms with Crippen molar-refractivity contribution in [2.45, 2.75) is 26.3 Å². The van der Waals surface area contributed by atoms with Gasteiger partial charge in [0, 0.05) is 32.1 Å². The number of anilines is 1. The van der Waals surface area contributed by atoms with E-state index in [4.69, 9.17) is 4.52 Å². The van der Waals surface area contributed by atoms with Gasteiger partial charge >= 0.3 is 0 Å². The van der Waals surface area contributed by atoms with Gasteiger partial charge < -0.3 is 9.42 Å². The van der Waals surface area contributed by atoms with E-state index in [0.717, 1.165) is 37.8 Å². The third-order valence-electron chi connectivity index (χ3n) is 4.11. The fraction of sp³-hybridized carbons (Fsp3) is 0.571. The van der Waals surface area contributed by atoms with Crippen LogP contribution in [0.4, 0.5) is 5.82 Å². The number of hydrogen-bond acceptors (Lipinski definition) is 9. The maximum atomic E-state index is 5.33. The van der Waals surface area contributed by atoms with Crippen LogP contribution >= 0.6 is 0 Å². The lowest BCUT2D eigenvalue weighted by Crippen LogP contribution is -2.46. The Morgan fingerprint density at radius 1 is 1.17 bits per heavy atom. The fourth-order valence-electron chi connectivity index (χ4n) is 2.70. The van der Waals surface area contributed by atoms with Gasteiger partial charge in [-0.25, -0.2) is 0 Å². The van der Waals surface area contributed by atoms with Crippen LogP contribution in [-0.4, -0.2) is 66.5 Å². The first kappa shape index (κ1) is 14.9. The molecule has 10 heteroatoms. The Labute approximate surface area is 138 Å². The minimum atomic E-state index is 0.284. The van der Waals surface area contributed by atoms with Crippen LogP contribution in [0, 0.1) is 0 Å². The van der Waals surface area contributed by atoms with Crippen LogP contribution in [0.25, 0.3) is 5.65 Å². The van der Waals surface area contributed by atoms with Crippen molar-refractivity contribution in [3.8, 4) is 0 Å². The Kier molecular flexibility index (Phi) is 3.81. The molecule has 4 rings (SSSR count). The Morgan fingerprint density at radius 3 is 2.75 bits per heavy atom. The molecule has 10 nitrogen and oxygen atoms in total. The number of tetrazole rings is 1. The summed E-state index contributed by atoms with van der Waals surface area (Å²) in [5.74, 6) is 2.61. The molecule has 0 aromatic carbocycles. The Balaban J connectivity index is 1.37. The third-order valence-corrected chi connectivity index (χ3v) is 4.11. The molecule has 3 aromatic rings. The van der Waals surface area contributed by atoms with Crippen LogP contribution in [0.15, 0.2) is 16.7 Å². The van der Waals surface area contributed by atoms with E-state index in [1.165, 1.54) is 4.63 Å². The quantitative estimate of drug-likeness (QED) is 0.670. The van der Waals surface area contributed by atoms with Crippen molar-refractivity contribution in [3.63, 3.8) is 0 Å². The van der Waals surface area contributed by atoms with Crippen LogP contribution in [0.2, 0.25) is 0 Å². The third kappa shape index (κ3) is 2.92. The average Bonchev–Trinajstić information content (AvgIpc) is 3.24. The summed E-state index contributed by atoms with van der Waals surface area (Å²) in [6.45, 7) is 8.39. The zero-order chi connectivity index (χ0) is 16.5. The van der Waals surface area contributed by atoms with Crippen molar-refractivity contribution >= 4 is 11.5 Å². The molecule has 0 amide bonds. The molecule has 24 heavy (non-hydrogen) atoms. The molecule has 0 aliphatic carbocycles. The molecule has 1 aliphatic heterocycles. The summed E-state index contributed by atoms with van der Waals surface area (Å²) in [7, 11) is 0. The summed E-state index contributed by atoms with van der Waals surface area (Å²) in [5.41, 5.74) is 0.648. The molecule has 0 saturated carbocycles. The number of rotatable bonds is 4. The van der Waals surface area contributed by atoms with Gasteiger partial charge in [0.1, 0.15) is 0 Å². The van der Waals surface area contributed by atoms with Gasteiger partial charge in [-0.15, -0.1) is 14.8 Å². The van der Waals surface area contributed by atoms with E-state index in [1.54, 1.807) is 0 Å². The first-order valence-corrected chi connectivity index (χ1v) is 8.04. The summed E-state index contributed by atoms with van der Waals surface area (Å²) in [5, 5.41) is 19.8. The van der Waals surface area contributed by atoms with Crippen molar-refractivity contribution in [2.75, 3.05) is 31.1 Å². The second-order valence-electron chi connectivity index (χ2n) is 6.18. The van der Waals surface area contributed by atoms with Gasteiger partial charge in [-0.3, -0.25) is 4.90 Å². The topological polar surface area (TPSA) is 101 Å². The Hall–Kier alpha value is -2.62.